The normalized spacial score (nSPS) is 19.9. The molecule has 0 aromatic carbocycles. The number of piperazine rings is 1. The Balaban J connectivity index is 2.26. The number of ether oxygens (including phenoxy) is 1. The highest BCUT2D eigenvalue weighted by Crippen LogP contribution is 2.06. The molecular formula is C11H21N3O3. The Labute approximate surface area is 102 Å². The van der Waals surface area contributed by atoms with Crippen molar-refractivity contribution in [2.45, 2.75) is 19.4 Å². The molecule has 1 saturated heterocycles. The van der Waals surface area contributed by atoms with E-state index in [1.165, 1.54) is 7.11 Å². The van der Waals surface area contributed by atoms with E-state index >= 15 is 0 Å². The number of carbonyl (C=O) groups excluding carboxylic acids is 2. The second-order valence-electron chi connectivity index (χ2n) is 4.28. The maximum atomic E-state index is 11.0. The number of carbonyl (C=O) groups is 2. The maximum Gasteiger partial charge on any atom is 0.306 e. The van der Waals surface area contributed by atoms with Crippen LogP contribution >= 0.6 is 0 Å². The smallest absolute Gasteiger partial charge is 0.306 e. The van der Waals surface area contributed by atoms with Gasteiger partial charge in [-0.2, -0.15) is 0 Å². The Hall–Kier alpha value is -1.14. The minimum Gasteiger partial charge on any atom is -0.469 e. The lowest BCUT2D eigenvalue weighted by Gasteiger charge is -2.36. The van der Waals surface area contributed by atoms with Crippen LogP contribution in [0.15, 0.2) is 0 Å². The molecule has 1 atom stereocenters. The van der Waals surface area contributed by atoms with Gasteiger partial charge in [-0.3, -0.25) is 14.5 Å². The molecule has 1 heterocycles. The molecule has 0 aromatic rings. The number of amides is 1. The summed E-state index contributed by atoms with van der Waals surface area (Å²) in [5, 5.41) is 0. The molecule has 0 aromatic heterocycles. The molecular weight excluding hydrogens is 222 g/mol. The van der Waals surface area contributed by atoms with Gasteiger partial charge in [-0.1, -0.05) is 0 Å². The molecule has 98 valence electrons. The summed E-state index contributed by atoms with van der Waals surface area (Å²) in [5.41, 5.74) is 5.26. The predicted octanol–water partition coefficient (Wildman–Crippen LogP) is -0.959. The third-order valence-electron chi connectivity index (χ3n) is 3.23. The van der Waals surface area contributed by atoms with Crippen LogP contribution in [0.4, 0.5) is 0 Å². The van der Waals surface area contributed by atoms with Crippen LogP contribution in [0.1, 0.15) is 13.3 Å². The maximum absolute atomic E-state index is 11.0. The molecule has 0 saturated carbocycles. The minimum atomic E-state index is -0.284. The first-order valence-corrected chi connectivity index (χ1v) is 5.87. The first-order chi connectivity index (χ1) is 8.04. The molecule has 1 unspecified atom stereocenters. The second-order valence-corrected chi connectivity index (χ2v) is 4.28. The lowest BCUT2D eigenvalue weighted by Crippen LogP contribution is -2.53. The number of hydrogen-bond donors (Lipinski definition) is 1. The van der Waals surface area contributed by atoms with Gasteiger partial charge >= 0.3 is 5.97 Å². The summed E-state index contributed by atoms with van der Waals surface area (Å²) in [7, 11) is 1.40. The summed E-state index contributed by atoms with van der Waals surface area (Å²) in [6.07, 6.45) is 0.419. The first-order valence-electron chi connectivity index (χ1n) is 5.87. The highest BCUT2D eigenvalue weighted by Gasteiger charge is 2.23. The van der Waals surface area contributed by atoms with Crippen LogP contribution in [0.2, 0.25) is 0 Å². The molecule has 6 nitrogen and oxygen atoms in total. The van der Waals surface area contributed by atoms with E-state index in [1.54, 1.807) is 0 Å². The van der Waals surface area contributed by atoms with Crippen LogP contribution < -0.4 is 5.73 Å². The van der Waals surface area contributed by atoms with E-state index in [2.05, 4.69) is 14.5 Å². The molecule has 1 rings (SSSR count). The van der Waals surface area contributed by atoms with Gasteiger partial charge in [-0.15, -0.1) is 0 Å². The predicted molar refractivity (Wildman–Crippen MR) is 63.3 cm³/mol. The fourth-order valence-corrected chi connectivity index (χ4v) is 1.91. The summed E-state index contributed by atoms with van der Waals surface area (Å²) in [6.45, 7) is 5.87. The van der Waals surface area contributed by atoms with Crippen molar-refractivity contribution in [2.24, 2.45) is 5.73 Å². The Morgan fingerprint density at radius 2 is 1.88 bits per heavy atom. The van der Waals surface area contributed by atoms with Gasteiger partial charge in [0.2, 0.25) is 5.91 Å². The zero-order valence-corrected chi connectivity index (χ0v) is 10.5. The third-order valence-corrected chi connectivity index (χ3v) is 3.23. The molecule has 2 N–H and O–H groups in total. The number of nitrogens with zero attached hydrogens (tertiary/aromatic N) is 2. The zero-order chi connectivity index (χ0) is 12.8. The summed E-state index contributed by atoms with van der Waals surface area (Å²) in [5.74, 6) is -0.467. The van der Waals surface area contributed by atoms with Crippen LogP contribution in [0.3, 0.4) is 0 Å². The second kappa shape index (κ2) is 6.56. The van der Waals surface area contributed by atoms with Crippen molar-refractivity contribution >= 4 is 11.9 Å². The zero-order valence-electron chi connectivity index (χ0n) is 10.5. The summed E-state index contributed by atoms with van der Waals surface area (Å²) >= 11 is 0. The van der Waals surface area contributed by atoms with Gasteiger partial charge in [-0.25, -0.2) is 0 Å². The Kier molecular flexibility index (Phi) is 5.37. The highest BCUT2D eigenvalue weighted by molar-refractivity contribution is 5.79. The lowest BCUT2D eigenvalue weighted by molar-refractivity contribution is -0.141. The molecule has 0 aliphatic carbocycles. The number of primary amides is 1. The van der Waals surface area contributed by atoms with Crippen LogP contribution in [0, 0.1) is 0 Å². The van der Waals surface area contributed by atoms with Crippen LogP contribution in [-0.4, -0.2) is 67.6 Å². The number of hydrogen-bond acceptors (Lipinski definition) is 5. The Morgan fingerprint density at radius 1 is 1.29 bits per heavy atom. The molecule has 0 radical (unpaired) electrons. The van der Waals surface area contributed by atoms with Gasteiger partial charge in [0.05, 0.1) is 19.6 Å². The van der Waals surface area contributed by atoms with Gasteiger partial charge in [0, 0.05) is 32.7 Å². The van der Waals surface area contributed by atoms with Crippen molar-refractivity contribution in [1.29, 1.82) is 0 Å². The third kappa shape index (κ3) is 4.32. The van der Waals surface area contributed by atoms with Crippen molar-refractivity contribution in [2.75, 3.05) is 39.8 Å². The average Bonchev–Trinajstić information content (AvgIpc) is 2.35. The minimum absolute atomic E-state index is 0.182. The van der Waals surface area contributed by atoms with Gasteiger partial charge in [0.15, 0.2) is 0 Å². The molecule has 1 aliphatic heterocycles. The van der Waals surface area contributed by atoms with Crippen molar-refractivity contribution in [3.63, 3.8) is 0 Å². The van der Waals surface area contributed by atoms with Crippen molar-refractivity contribution in [3.05, 3.63) is 0 Å². The topological polar surface area (TPSA) is 75.9 Å². The van der Waals surface area contributed by atoms with Gasteiger partial charge < -0.3 is 15.4 Å². The van der Waals surface area contributed by atoms with Crippen LogP contribution in [-0.2, 0) is 14.3 Å². The molecule has 6 heteroatoms. The van der Waals surface area contributed by atoms with E-state index in [1.807, 2.05) is 6.92 Å². The van der Waals surface area contributed by atoms with Gasteiger partial charge in [0.25, 0.3) is 0 Å². The molecule has 1 aliphatic rings. The van der Waals surface area contributed by atoms with Crippen molar-refractivity contribution in [3.8, 4) is 0 Å². The van der Waals surface area contributed by atoms with Gasteiger partial charge in [-0.05, 0) is 6.92 Å². The number of methoxy groups -OCH3 is 1. The molecule has 1 fully saturated rings. The fourth-order valence-electron chi connectivity index (χ4n) is 1.91. The summed E-state index contributed by atoms with van der Waals surface area (Å²) in [6, 6.07) is -0.210. The van der Waals surface area contributed by atoms with Gasteiger partial charge in [0.1, 0.15) is 0 Å². The van der Waals surface area contributed by atoms with Crippen LogP contribution in [0.5, 0.6) is 0 Å². The fraction of sp³-hybridized carbons (Fsp3) is 0.818. The monoisotopic (exact) mass is 243 g/mol. The summed E-state index contributed by atoms with van der Waals surface area (Å²) in [4.78, 5) is 26.3. The average molecular weight is 243 g/mol. The highest BCUT2D eigenvalue weighted by atomic mass is 16.5. The standard InChI is InChI=1S/C11H21N3O3/c1-9(11(12)16)14-7-5-13(6-8-14)4-3-10(15)17-2/h9H,3-8H2,1-2H3,(H2,12,16). The number of rotatable bonds is 5. The van der Waals surface area contributed by atoms with E-state index in [0.717, 1.165) is 26.2 Å². The van der Waals surface area contributed by atoms with E-state index < -0.39 is 0 Å². The Bertz CT molecular complexity index is 275. The first kappa shape index (κ1) is 13.9. The van der Waals surface area contributed by atoms with E-state index in [0.29, 0.717) is 13.0 Å². The number of nitrogens with two attached hydrogens (primary N) is 1. The van der Waals surface area contributed by atoms with Crippen LogP contribution in [0.25, 0.3) is 0 Å². The van der Waals surface area contributed by atoms with E-state index in [9.17, 15) is 9.59 Å². The van der Waals surface area contributed by atoms with E-state index in [4.69, 9.17) is 5.73 Å². The SMILES string of the molecule is COC(=O)CCN1CCN(C(C)C(N)=O)CC1. The van der Waals surface area contributed by atoms with Crippen molar-refractivity contribution < 1.29 is 14.3 Å². The molecule has 1 amide bonds. The number of esters is 1. The molecule has 0 bridgehead atoms. The van der Waals surface area contributed by atoms with E-state index in [-0.39, 0.29) is 17.9 Å². The molecule has 0 spiro atoms. The quantitative estimate of drug-likeness (QED) is 0.629. The van der Waals surface area contributed by atoms with Crippen molar-refractivity contribution in [1.82, 2.24) is 9.80 Å². The summed E-state index contributed by atoms with van der Waals surface area (Å²) < 4.78 is 4.59. The molecule has 17 heavy (non-hydrogen) atoms. The largest absolute Gasteiger partial charge is 0.469 e. The Morgan fingerprint density at radius 3 is 2.35 bits per heavy atom. The lowest BCUT2D eigenvalue weighted by atomic mass is 10.2.